The van der Waals surface area contributed by atoms with Crippen molar-refractivity contribution in [2.24, 2.45) is 0 Å². The van der Waals surface area contributed by atoms with Gasteiger partial charge in [-0.25, -0.2) is 0 Å². The molecule has 0 fully saturated rings. The number of halogens is 3. The normalized spacial score (nSPS) is 12.6. The van der Waals surface area contributed by atoms with Crippen LogP contribution >= 0.6 is 43.5 Å². The molecule has 0 aliphatic heterocycles. The predicted octanol–water partition coefficient (Wildman–Crippen LogP) is 7.08. The van der Waals surface area contributed by atoms with E-state index in [1.807, 2.05) is 12.1 Å². The van der Waals surface area contributed by atoms with E-state index < -0.39 is 0 Å². The first kappa shape index (κ1) is 17.1. The Kier molecular flexibility index (Phi) is 5.23. The third-order valence-electron chi connectivity index (χ3n) is 4.55. The molecule has 0 saturated heterocycles. The lowest BCUT2D eigenvalue weighted by atomic mass is 9.86. The third-order valence-corrected chi connectivity index (χ3v) is 6.18. The molecular weight excluding hydrogens is 411 g/mol. The zero-order valence-corrected chi connectivity index (χ0v) is 16.9. The van der Waals surface area contributed by atoms with Crippen LogP contribution in [0.2, 0.25) is 0 Å². The van der Waals surface area contributed by atoms with Gasteiger partial charge in [-0.2, -0.15) is 0 Å². The highest BCUT2D eigenvalue weighted by Crippen LogP contribution is 2.40. The van der Waals surface area contributed by atoms with Crippen molar-refractivity contribution in [3.8, 4) is 0 Å². The molecule has 21 heavy (non-hydrogen) atoms. The molecule has 0 spiro atoms. The second-order valence-corrected chi connectivity index (χ2v) is 7.77. The highest BCUT2D eigenvalue weighted by molar-refractivity contribution is 9.11. The Hall–Kier alpha value is -0.310. The first-order valence-corrected chi connectivity index (χ1v) is 8.93. The smallest absolute Gasteiger partial charge is 0.0851 e. The van der Waals surface area contributed by atoms with Crippen LogP contribution in [0.3, 0.4) is 0 Å². The van der Waals surface area contributed by atoms with Crippen LogP contribution in [0.15, 0.2) is 27.1 Å². The second kappa shape index (κ2) is 6.44. The van der Waals surface area contributed by atoms with Crippen molar-refractivity contribution in [3.05, 3.63) is 66.1 Å². The molecule has 0 aliphatic carbocycles. The predicted molar refractivity (Wildman–Crippen MR) is 99.7 cm³/mol. The van der Waals surface area contributed by atoms with Gasteiger partial charge < -0.3 is 0 Å². The Balaban J connectivity index is 2.66. The van der Waals surface area contributed by atoms with Crippen LogP contribution < -0.4 is 0 Å². The molecule has 0 aliphatic rings. The molecule has 0 saturated carbocycles. The Morgan fingerprint density at radius 2 is 1.29 bits per heavy atom. The molecule has 112 valence electrons. The van der Waals surface area contributed by atoms with Crippen molar-refractivity contribution >= 4 is 43.5 Å². The molecular formula is C18H19Br2Cl. The molecule has 2 aromatic carbocycles. The summed E-state index contributed by atoms with van der Waals surface area (Å²) in [5.74, 6) is 0. The van der Waals surface area contributed by atoms with E-state index in [-0.39, 0.29) is 5.38 Å². The standard InChI is InChI=1S/C18H19Br2Cl/c1-9-10(2)12(4)17(13(5)11(9)3)18(21)15-7-6-14(19)8-16(15)20/h6-8,18H,1-5H3. The van der Waals surface area contributed by atoms with Crippen LogP contribution in [0.4, 0.5) is 0 Å². The fourth-order valence-electron chi connectivity index (χ4n) is 2.77. The van der Waals surface area contributed by atoms with Crippen molar-refractivity contribution in [1.82, 2.24) is 0 Å². The van der Waals surface area contributed by atoms with Crippen molar-refractivity contribution in [2.75, 3.05) is 0 Å². The Morgan fingerprint density at radius 3 is 1.76 bits per heavy atom. The van der Waals surface area contributed by atoms with Crippen molar-refractivity contribution in [1.29, 1.82) is 0 Å². The van der Waals surface area contributed by atoms with E-state index in [0.29, 0.717) is 0 Å². The lowest BCUT2D eigenvalue weighted by Crippen LogP contribution is -2.06. The maximum Gasteiger partial charge on any atom is 0.0851 e. The molecule has 0 heterocycles. The summed E-state index contributed by atoms with van der Waals surface area (Å²) < 4.78 is 2.08. The average molecular weight is 431 g/mol. The van der Waals surface area contributed by atoms with Gasteiger partial charge >= 0.3 is 0 Å². The van der Waals surface area contributed by atoms with E-state index in [0.717, 1.165) is 14.5 Å². The van der Waals surface area contributed by atoms with Gasteiger partial charge in [0, 0.05) is 8.95 Å². The van der Waals surface area contributed by atoms with Gasteiger partial charge in [-0.3, -0.25) is 0 Å². The van der Waals surface area contributed by atoms with Crippen LogP contribution in [0.5, 0.6) is 0 Å². The molecule has 1 unspecified atom stereocenters. The van der Waals surface area contributed by atoms with Crippen molar-refractivity contribution in [2.45, 2.75) is 40.0 Å². The summed E-state index contributed by atoms with van der Waals surface area (Å²) in [5, 5.41) is -0.148. The summed E-state index contributed by atoms with van der Waals surface area (Å²) in [4.78, 5) is 0. The molecule has 0 bridgehead atoms. The van der Waals surface area contributed by atoms with Crippen LogP contribution in [0.25, 0.3) is 0 Å². The minimum Gasteiger partial charge on any atom is -0.113 e. The van der Waals surface area contributed by atoms with Crippen LogP contribution in [-0.2, 0) is 0 Å². The van der Waals surface area contributed by atoms with Crippen molar-refractivity contribution < 1.29 is 0 Å². The molecule has 0 radical (unpaired) electrons. The van der Waals surface area contributed by atoms with Crippen LogP contribution in [0, 0.1) is 34.6 Å². The Labute approximate surface area is 149 Å². The first-order chi connectivity index (χ1) is 9.75. The fraction of sp³-hybridized carbons (Fsp3) is 0.333. The maximum atomic E-state index is 6.85. The first-order valence-electron chi connectivity index (χ1n) is 6.91. The summed E-state index contributed by atoms with van der Waals surface area (Å²) in [6.45, 7) is 10.9. The van der Waals surface area contributed by atoms with Crippen LogP contribution in [-0.4, -0.2) is 0 Å². The number of benzene rings is 2. The van der Waals surface area contributed by atoms with Gasteiger partial charge in [0.05, 0.1) is 5.38 Å². The van der Waals surface area contributed by atoms with Gasteiger partial charge in [0.1, 0.15) is 0 Å². The third kappa shape index (κ3) is 3.09. The van der Waals surface area contributed by atoms with Gasteiger partial charge in [-0.1, -0.05) is 37.9 Å². The quantitative estimate of drug-likeness (QED) is 0.447. The summed E-state index contributed by atoms with van der Waals surface area (Å²) >= 11 is 14.0. The van der Waals surface area contributed by atoms with E-state index >= 15 is 0 Å². The highest BCUT2D eigenvalue weighted by atomic mass is 79.9. The van der Waals surface area contributed by atoms with E-state index in [2.05, 4.69) is 72.5 Å². The summed E-state index contributed by atoms with van der Waals surface area (Å²) in [6.07, 6.45) is 0. The summed E-state index contributed by atoms with van der Waals surface area (Å²) in [6, 6.07) is 6.16. The monoisotopic (exact) mass is 428 g/mol. The number of hydrogen-bond donors (Lipinski definition) is 0. The topological polar surface area (TPSA) is 0 Å². The molecule has 2 rings (SSSR count). The highest BCUT2D eigenvalue weighted by Gasteiger charge is 2.21. The van der Waals surface area contributed by atoms with E-state index in [1.165, 1.54) is 33.4 Å². The minimum absolute atomic E-state index is 0.148. The molecule has 2 aromatic rings. The zero-order chi connectivity index (χ0) is 15.9. The minimum atomic E-state index is -0.148. The Morgan fingerprint density at radius 1 is 0.810 bits per heavy atom. The lowest BCUT2D eigenvalue weighted by molar-refractivity contribution is 1.03. The number of hydrogen-bond acceptors (Lipinski definition) is 0. The SMILES string of the molecule is Cc1c(C)c(C)c(C(Cl)c2ccc(Br)cc2Br)c(C)c1C. The lowest BCUT2D eigenvalue weighted by Gasteiger charge is -2.23. The molecule has 1 atom stereocenters. The maximum absolute atomic E-state index is 6.85. The van der Waals surface area contributed by atoms with Crippen LogP contribution in [0.1, 0.15) is 44.3 Å². The largest absolute Gasteiger partial charge is 0.113 e. The number of rotatable bonds is 2. The van der Waals surface area contributed by atoms with Crippen molar-refractivity contribution in [3.63, 3.8) is 0 Å². The molecule has 0 amide bonds. The second-order valence-electron chi connectivity index (χ2n) is 5.57. The van der Waals surface area contributed by atoms with Gasteiger partial charge in [-0.05, 0) is 85.7 Å². The van der Waals surface area contributed by atoms with E-state index in [9.17, 15) is 0 Å². The Bertz CT molecular complexity index is 676. The molecule has 0 N–H and O–H groups in total. The number of alkyl halides is 1. The van der Waals surface area contributed by atoms with Gasteiger partial charge in [0.2, 0.25) is 0 Å². The zero-order valence-electron chi connectivity index (χ0n) is 12.9. The average Bonchev–Trinajstić information content (AvgIpc) is 2.43. The van der Waals surface area contributed by atoms with Gasteiger partial charge in [-0.15, -0.1) is 11.6 Å². The fourth-order valence-corrected chi connectivity index (χ4v) is 4.70. The van der Waals surface area contributed by atoms with Gasteiger partial charge in [0.15, 0.2) is 0 Å². The molecule has 3 heteroatoms. The van der Waals surface area contributed by atoms with Gasteiger partial charge in [0.25, 0.3) is 0 Å². The van der Waals surface area contributed by atoms with E-state index in [4.69, 9.17) is 11.6 Å². The summed E-state index contributed by atoms with van der Waals surface area (Å²) in [5.41, 5.74) is 8.98. The molecule has 0 aromatic heterocycles. The van der Waals surface area contributed by atoms with E-state index in [1.54, 1.807) is 0 Å². The summed E-state index contributed by atoms with van der Waals surface area (Å²) in [7, 11) is 0. The molecule has 0 nitrogen and oxygen atoms in total.